The van der Waals surface area contributed by atoms with Crippen molar-refractivity contribution in [2.75, 3.05) is 0 Å². The molecule has 0 spiro atoms. The van der Waals surface area contributed by atoms with Crippen molar-refractivity contribution in [3.05, 3.63) is 0 Å². The Morgan fingerprint density at radius 2 is 1.77 bits per heavy atom. The Labute approximate surface area is 79.3 Å². The number of carbonyl (C=O) groups excluding carboxylic acids is 1. The highest BCUT2D eigenvalue weighted by molar-refractivity contribution is 5.76. The largest absolute Gasteiger partial charge is 0.390 e. The summed E-state index contributed by atoms with van der Waals surface area (Å²) in [6.07, 6.45) is 3.50. The van der Waals surface area contributed by atoms with Crippen molar-refractivity contribution in [1.82, 2.24) is 0 Å². The molecule has 1 amide bonds. The molecule has 1 rings (SSSR count). The molecule has 0 atom stereocenters. The van der Waals surface area contributed by atoms with Gasteiger partial charge in [0.2, 0.25) is 5.91 Å². The highest BCUT2D eigenvalue weighted by Crippen LogP contribution is 2.34. The van der Waals surface area contributed by atoms with Crippen LogP contribution in [0.3, 0.4) is 0 Å². The number of nitrogens with two attached hydrogens (primary N) is 1. The Hall–Kier alpha value is -0.570. The van der Waals surface area contributed by atoms with E-state index in [4.69, 9.17) is 5.73 Å². The fourth-order valence-corrected chi connectivity index (χ4v) is 2.08. The topological polar surface area (TPSA) is 63.3 Å². The fourth-order valence-electron chi connectivity index (χ4n) is 2.08. The van der Waals surface area contributed by atoms with Crippen molar-refractivity contribution in [3.63, 3.8) is 0 Å². The van der Waals surface area contributed by atoms with E-state index in [-0.39, 0.29) is 11.8 Å². The van der Waals surface area contributed by atoms with E-state index in [0.29, 0.717) is 5.92 Å². The van der Waals surface area contributed by atoms with Crippen LogP contribution >= 0.6 is 0 Å². The maximum Gasteiger partial charge on any atom is 0.220 e. The van der Waals surface area contributed by atoms with E-state index < -0.39 is 5.60 Å². The molecule has 1 saturated carbocycles. The summed E-state index contributed by atoms with van der Waals surface area (Å²) in [5, 5.41) is 9.75. The highest BCUT2D eigenvalue weighted by atomic mass is 16.3. The van der Waals surface area contributed by atoms with E-state index in [2.05, 4.69) is 0 Å². The van der Waals surface area contributed by atoms with Gasteiger partial charge in [0.25, 0.3) is 0 Å². The van der Waals surface area contributed by atoms with Gasteiger partial charge in [-0.1, -0.05) is 0 Å². The molecule has 1 aliphatic carbocycles. The number of hydrogen-bond donors (Lipinski definition) is 2. The normalized spacial score (nSPS) is 30.1. The van der Waals surface area contributed by atoms with Gasteiger partial charge >= 0.3 is 0 Å². The van der Waals surface area contributed by atoms with Crippen molar-refractivity contribution >= 4 is 5.91 Å². The van der Waals surface area contributed by atoms with Crippen molar-refractivity contribution < 1.29 is 9.90 Å². The van der Waals surface area contributed by atoms with Crippen LogP contribution in [0.2, 0.25) is 0 Å². The average Bonchev–Trinajstić information content (AvgIpc) is 2.03. The maximum atomic E-state index is 10.9. The second-order valence-corrected chi connectivity index (χ2v) is 4.60. The van der Waals surface area contributed by atoms with Crippen molar-refractivity contribution in [1.29, 1.82) is 0 Å². The summed E-state index contributed by atoms with van der Waals surface area (Å²) in [5.74, 6) is 0.177. The molecule has 0 aromatic carbocycles. The number of amides is 1. The van der Waals surface area contributed by atoms with Gasteiger partial charge in [-0.25, -0.2) is 0 Å². The quantitative estimate of drug-likeness (QED) is 0.675. The zero-order valence-electron chi connectivity index (χ0n) is 8.42. The molecule has 76 valence electrons. The number of carbonyl (C=O) groups is 1. The highest BCUT2D eigenvalue weighted by Gasteiger charge is 2.32. The van der Waals surface area contributed by atoms with Crippen LogP contribution in [0.15, 0.2) is 0 Å². The van der Waals surface area contributed by atoms with Gasteiger partial charge < -0.3 is 10.8 Å². The van der Waals surface area contributed by atoms with Gasteiger partial charge in [-0.05, 0) is 45.4 Å². The van der Waals surface area contributed by atoms with Gasteiger partial charge in [-0.15, -0.1) is 0 Å². The summed E-state index contributed by atoms with van der Waals surface area (Å²) in [6.45, 7) is 3.67. The summed E-state index contributed by atoms with van der Waals surface area (Å²) < 4.78 is 0. The van der Waals surface area contributed by atoms with E-state index in [1.165, 1.54) is 0 Å². The summed E-state index contributed by atoms with van der Waals surface area (Å²) in [4.78, 5) is 10.9. The van der Waals surface area contributed by atoms with Gasteiger partial charge in [-0.3, -0.25) is 4.79 Å². The number of primary amides is 1. The Morgan fingerprint density at radius 1 is 1.31 bits per heavy atom. The van der Waals surface area contributed by atoms with E-state index >= 15 is 0 Å². The second kappa shape index (κ2) is 3.66. The van der Waals surface area contributed by atoms with Crippen LogP contribution in [0.4, 0.5) is 0 Å². The Balaban J connectivity index is 2.44. The lowest BCUT2D eigenvalue weighted by molar-refractivity contribution is -0.123. The zero-order valence-corrected chi connectivity index (χ0v) is 8.42. The third-order valence-corrected chi connectivity index (χ3v) is 3.13. The summed E-state index contributed by atoms with van der Waals surface area (Å²) >= 11 is 0. The molecule has 13 heavy (non-hydrogen) atoms. The van der Waals surface area contributed by atoms with Crippen LogP contribution in [0, 0.1) is 11.8 Å². The molecular formula is C10H19NO2. The van der Waals surface area contributed by atoms with Crippen LogP contribution in [0.5, 0.6) is 0 Å². The molecule has 0 radical (unpaired) electrons. The van der Waals surface area contributed by atoms with Crippen molar-refractivity contribution in [2.24, 2.45) is 17.6 Å². The fraction of sp³-hybridized carbons (Fsp3) is 0.900. The molecule has 0 bridgehead atoms. The molecule has 3 heteroatoms. The molecule has 0 aliphatic heterocycles. The predicted octanol–water partition coefficient (Wildman–Crippen LogP) is 1.05. The summed E-state index contributed by atoms with van der Waals surface area (Å²) in [7, 11) is 0. The molecule has 0 aromatic rings. The van der Waals surface area contributed by atoms with Gasteiger partial charge in [-0.2, -0.15) is 0 Å². The zero-order chi connectivity index (χ0) is 10.1. The summed E-state index contributed by atoms with van der Waals surface area (Å²) in [6, 6.07) is 0. The van der Waals surface area contributed by atoms with Crippen LogP contribution in [-0.2, 0) is 4.79 Å². The lowest BCUT2D eigenvalue weighted by Gasteiger charge is -2.34. The molecule has 3 nitrogen and oxygen atoms in total. The first-order chi connectivity index (χ1) is 5.91. The average molecular weight is 185 g/mol. The second-order valence-electron chi connectivity index (χ2n) is 4.60. The first-order valence-corrected chi connectivity index (χ1v) is 4.93. The van der Waals surface area contributed by atoms with Crippen LogP contribution < -0.4 is 5.73 Å². The molecule has 0 unspecified atom stereocenters. The van der Waals surface area contributed by atoms with E-state index in [9.17, 15) is 9.90 Å². The van der Waals surface area contributed by atoms with E-state index in [0.717, 1.165) is 25.7 Å². The van der Waals surface area contributed by atoms with Gasteiger partial charge in [0.05, 0.1) is 5.60 Å². The molecule has 0 heterocycles. The molecule has 1 aliphatic rings. The third-order valence-electron chi connectivity index (χ3n) is 3.13. The molecule has 0 aromatic heterocycles. The van der Waals surface area contributed by atoms with Crippen LogP contribution in [0.25, 0.3) is 0 Å². The maximum absolute atomic E-state index is 10.9. The van der Waals surface area contributed by atoms with Gasteiger partial charge in [0, 0.05) is 5.92 Å². The minimum absolute atomic E-state index is 0.0404. The third kappa shape index (κ3) is 2.69. The number of hydrogen-bond acceptors (Lipinski definition) is 2. The monoisotopic (exact) mass is 185 g/mol. The van der Waals surface area contributed by atoms with Crippen molar-refractivity contribution in [3.8, 4) is 0 Å². The number of aliphatic hydroxyl groups is 1. The Kier molecular flexibility index (Phi) is 2.96. The van der Waals surface area contributed by atoms with E-state index in [1.54, 1.807) is 0 Å². The van der Waals surface area contributed by atoms with Crippen LogP contribution in [0.1, 0.15) is 39.5 Å². The minimum atomic E-state index is -0.609. The number of rotatable bonds is 2. The summed E-state index contributed by atoms with van der Waals surface area (Å²) in [5.41, 5.74) is 4.61. The SMILES string of the molecule is CC(C)(O)C1CCC(C(N)=O)CC1. The van der Waals surface area contributed by atoms with Crippen LogP contribution in [-0.4, -0.2) is 16.6 Å². The first-order valence-electron chi connectivity index (χ1n) is 4.93. The lowest BCUT2D eigenvalue weighted by atomic mass is 9.75. The Bertz CT molecular complexity index is 188. The van der Waals surface area contributed by atoms with E-state index in [1.807, 2.05) is 13.8 Å². The molecule has 0 saturated heterocycles. The molecule has 1 fully saturated rings. The Morgan fingerprint density at radius 3 is 2.08 bits per heavy atom. The lowest BCUT2D eigenvalue weighted by Crippen LogP contribution is -2.36. The predicted molar refractivity (Wildman–Crippen MR) is 50.9 cm³/mol. The standard InChI is InChI=1S/C10H19NO2/c1-10(2,13)8-5-3-7(4-6-8)9(11)12/h7-8,13H,3-6H2,1-2H3,(H2,11,12). The first kappa shape index (κ1) is 10.5. The van der Waals surface area contributed by atoms with Crippen molar-refractivity contribution in [2.45, 2.75) is 45.1 Å². The van der Waals surface area contributed by atoms with Gasteiger partial charge in [0.1, 0.15) is 0 Å². The van der Waals surface area contributed by atoms with Gasteiger partial charge in [0.15, 0.2) is 0 Å². The molecular weight excluding hydrogens is 166 g/mol. The minimum Gasteiger partial charge on any atom is -0.390 e. The smallest absolute Gasteiger partial charge is 0.220 e. The molecule has 3 N–H and O–H groups in total.